The van der Waals surface area contributed by atoms with Crippen molar-refractivity contribution in [2.75, 3.05) is 22.9 Å². The minimum absolute atomic E-state index is 0.137. The Morgan fingerprint density at radius 2 is 1.79 bits per heavy atom. The van der Waals surface area contributed by atoms with Gasteiger partial charge in [0.05, 0.1) is 27.0 Å². The van der Waals surface area contributed by atoms with E-state index in [1.54, 1.807) is 0 Å². The molecule has 0 bridgehead atoms. The number of nitrogen functional groups attached to an aromatic ring is 1. The topological polar surface area (TPSA) is 92.9 Å². The Morgan fingerprint density at radius 1 is 1.04 bits per heavy atom. The number of hydrogen-bond acceptors (Lipinski definition) is 7. The molecular weight excluding hydrogens is 342 g/mol. The second-order valence-electron chi connectivity index (χ2n) is 5.13. The lowest BCUT2D eigenvalue weighted by Gasteiger charge is -2.05. The summed E-state index contributed by atoms with van der Waals surface area (Å²) in [5.74, 6) is -0.137. The van der Waals surface area contributed by atoms with E-state index in [1.807, 2.05) is 42.5 Å². The second-order valence-corrected chi connectivity index (χ2v) is 7.22. The van der Waals surface area contributed by atoms with Crippen molar-refractivity contribution >= 4 is 65.0 Å². The number of fused-ring (bicyclic) bond motifs is 2. The van der Waals surface area contributed by atoms with Crippen molar-refractivity contribution in [3.63, 3.8) is 0 Å². The Hall–Kier alpha value is -2.71. The molecule has 2 aromatic heterocycles. The summed E-state index contributed by atoms with van der Waals surface area (Å²) in [6, 6.07) is 13.5. The van der Waals surface area contributed by atoms with Crippen LogP contribution in [-0.2, 0) is 4.79 Å². The molecule has 8 heteroatoms. The van der Waals surface area contributed by atoms with Crippen molar-refractivity contribution in [3.8, 4) is 0 Å². The number of amides is 1. The highest BCUT2D eigenvalue weighted by molar-refractivity contribution is 7.24. The van der Waals surface area contributed by atoms with Crippen LogP contribution >= 0.6 is 22.7 Å². The van der Waals surface area contributed by atoms with E-state index >= 15 is 0 Å². The molecule has 24 heavy (non-hydrogen) atoms. The van der Waals surface area contributed by atoms with Gasteiger partial charge in [0.15, 0.2) is 10.3 Å². The first-order valence-electron chi connectivity index (χ1n) is 7.23. The summed E-state index contributed by atoms with van der Waals surface area (Å²) >= 11 is 2.88. The van der Waals surface area contributed by atoms with Crippen LogP contribution in [0.4, 0.5) is 16.0 Å². The van der Waals surface area contributed by atoms with E-state index in [4.69, 9.17) is 5.73 Å². The lowest BCUT2D eigenvalue weighted by molar-refractivity contribution is -0.114. The minimum atomic E-state index is -0.137. The first-order valence-corrected chi connectivity index (χ1v) is 8.86. The highest BCUT2D eigenvalue weighted by atomic mass is 32.1. The molecule has 0 spiro atoms. The first-order chi connectivity index (χ1) is 11.7. The zero-order valence-electron chi connectivity index (χ0n) is 12.4. The van der Waals surface area contributed by atoms with Crippen LogP contribution in [0.25, 0.3) is 20.4 Å². The largest absolute Gasteiger partial charge is 0.376 e. The quantitative estimate of drug-likeness (QED) is 0.521. The van der Waals surface area contributed by atoms with Crippen LogP contribution in [0.15, 0.2) is 42.5 Å². The van der Waals surface area contributed by atoms with Gasteiger partial charge < -0.3 is 16.4 Å². The Balaban J connectivity index is 1.48. The van der Waals surface area contributed by atoms with Gasteiger partial charge in [-0.3, -0.25) is 4.79 Å². The lowest BCUT2D eigenvalue weighted by Crippen LogP contribution is -2.21. The van der Waals surface area contributed by atoms with E-state index < -0.39 is 0 Å². The first kappa shape index (κ1) is 14.9. The highest BCUT2D eigenvalue weighted by Gasteiger charge is 2.10. The van der Waals surface area contributed by atoms with E-state index in [2.05, 4.69) is 20.6 Å². The Kier molecular flexibility index (Phi) is 3.75. The average molecular weight is 355 g/mol. The van der Waals surface area contributed by atoms with Crippen molar-refractivity contribution < 1.29 is 4.79 Å². The van der Waals surface area contributed by atoms with Gasteiger partial charge in [0, 0.05) is 5.69 Å². The summed E-state index contributed by atoms with van der Waals surface area (Å²) in [7, 11) is 0. The third kappa shape index (κ3) is 3.01. The van der Waals surface area contributed by atoms with Crippen LogP contribution in [0.3, 0.4) is 0 Å². The van der Waals surface area contributed by atoms with E-state index in [0.29, 0.717) is 10.3 Å². The Morgan fingerprint density at radius 3 is 2.62 bits per heavy atom. The maximum absolute atomic E-state index is 12.1. The summed E-state index contributed by atoms with van der Waals surface area (Å²) in [4.78, 5) is 20.8. The number of nitrogens with one attached hydrogen (secondary N) is 2. The minimum Gasteiger partial charge on any atom is -0.376 e. The number of nitrogens with zero attached hydrogens (tertiary/aromatic N) is 2. The fourth-order valence-electron chi connectivity index (χ4n) is 2.32. The van der Waals surface area contributed by atoms with Crippen molar-refractivity contribution in [2.24, 2.45) is 0 Å². The average Bonchev–Trinajstić information content (AvgIpc) is 3.12. The molecule has 2 aromatic carbocycles. The standard InChI is InChI=1S/C16H13N5OS2/c17-15-19-10-6-11-13(7-12(10)23-15)24-16(20-11)21-14(22)8-18-9-4-2-1-3-5-9/h1-7,18H,8H2,(H2,17,19)(H,20,21,22). The monoisotopic (exact) mass is 355 g/mol. The van der Waals surface area contributed by atoms with Gasteiger partial charge in [-0.1, -0.05) is 40.9 Å². The fourth-order valence-corrected chi connectivity index (χ4v) is 4.06. The molecule has 0 radical (unpaired) electrons. The third-order valence-electron chi connectivity index (χ3n) is 3.39. The van der Waals surface area contributed by atoms with Gasteiger partial charge >= 0.3 is 0 Å². The maximum Gasteiger partial charge on any atom is 0.245 e. The molecule has 4 rings (SSSR count). The van der Waals surface area contributed by atoms with Crippen molar-refractivity contribution in [2.45, 2.75) is 0 Å². The number of carbonyl (C=O) groups excluding carboxylic acids is 1. The van der Waals surface area contributed by atoms with E-state index in [-0.39, 0.29) is 12.5 Å². The highest BCUT2D eigenvalue weighted by Crippen LogP contribution is 2.33. The molecule has 1 amide bonds. The number of anilines is 3. The molecule has 120 valence electrons. The van der Waals surface area contributed by atoms with Gasteiger partial charge in [0.1, 0.15) is 0 Å². The predicted octanol–water partition coefficient (Wildman–Crippen LogP) is 3.54. The van der Waals surface area contributed by atoms with Crippen LogP contribution in [-0.4, -0.2) is 22.4 Å². The van der Waals surface area contributed by atoms with Gasteiger partial charge in [-0.25, -0.2) is 9.97 Å². The molecule has 2 heterocycles. The fraction of sp³-hybridized carbons (Fsp3) is 0.0625. The number of rotatable bonds is 4. The molecule has 0 aliphatic carbocycles. The summed E-state index contributed by atoms with van der Waals surface area (Å²) in [5.41, 5.74) is 8.27. The van der Waals surface area contributed by atoms with Gasteiger partial charge in [0.2, 0.25) is 5.91 Å². The number of hydrogen-bond donors (Lipinski definition) is 3. The molecule has 4 N–H and O–H groups in total. The van der Waals surface area contributed by atoms with Crippen molar-refractivity contribution in [1.29, 1.82) is 0 Å². The normalized spacial score (nSPS) is 11.0. The zero-order chi connectivity index (χ0) is 16.5. The second kappa shape index (κ2) is 6.06. The molecule has 4 aromatic rings. The molecule has 0 aliphatic heterocycles. The SMILES string of the molecule is Nc1nc2cc3nc(NC(=O)CNc4ccccc4)sc3cc2s1. The maximum atomic E-state index is 12.1. The smallest absolute Gasteiger partial charge is 0.245 e. The van der Waals surface area contributed by atoms with Crippen LogP contribution in [0, 0.1) is 0 Å². The third-order valence-corrected chi connectivity index (χ3v) is 5.17. The van der Waals surface area contributed by atoms with Crippen LogP contribution in [0.5, 0.6) is 0 Å². The predicted molar refractivity (Wildman–Crippen MR) is 101 cm³/mol. The van der Waals surface area contributed by atoms with Crippen LogP contribution < -0.4 is 16.4 Å². The van der Waals surface area contributed by atoms with E-state index in [1.165, 1.54) is 22.7 Å². The number of benzene rings is 2. The summed E-state index contributed by atoms with van der Waals surface area (Å²) in [6.45, 7) is 0.188. The number of nitrogens with two attached hydrogens (primary N) is 1. The van der Waals surface area contributed by atoms with Gasteiger partial charge in [-0.2, -0.15) is 0 Å². The zero-order valence-corrected chi connectivity index (χ0v) is 14.1. The number of para-hydroxylation sites is 1. The summed E-state index contributed by atoms with van der Waals surface area (Å²) < 4.78 is 2.02. The molecule has 6 nitrogen and oxygen atoms in total. The summed E-state index contributed by atoms with van der Waals surface area (Å²) in [6.07, 6.45) is 0. The molecule has 0 saturated heterocycles. The molecule has 0 saturated carbocycles. The van der Waals surface area contributed by atoms with E-state index in [9.17, 15) is 4.79 Å². The van der Waals surface area contributed by atoms with E-state index in [0.717, 1.165) is 26.1 Å². The summed E-state index contributed by atoms with van der Waals surface area (Å²) in [5, 5.41) is 7.02. The molecule has 0 unspecified atom stereocenters. The van der Waals surface area contributed by atoms with Crippen LogP contribution in [0.2, 0.25) is 0 Å². The van der Waals surface area contributed by atoms with Gasteiger partial charge in [0.25, 0.3) is 0 Å². The molecule has 0 fully saturated rings. The number of carbonyl (C=O) groups is 1. The van der Waals surface area contributed by atoms with Crippen LogP contribution in [0.1, 0.15) is 0 Å². The Bertz CT molecular complexity index is 974. The molecule has 0 atom stereocenters. The molecule has 0 aliphatic rings. The number of thiazole rings is 2. The van der Waals surface area contributed by atoms with Crippen molar-refractivity contribution in [3.05, 3.63) is 42.5 Å². The Labute approximate surface area is 145 Å². The van der Waals surface area contributed by atoms with Gasteiger partial charge in [-0.15, -0.1) is 0 Å². The van der Waals surface area contributed by atoms with Crippen molar-refractivity contribution in [1.82, 2.24) is 9.97 Å². The number of aromatic nitrogens is 2. The van der Waals surface area contributed by atoms with Gasteiger partial charge in [-0.05, 0) is 24.3 Å². The lowest BCUT2D eigenvalue weighted by atomic mass is 10.3. The molecular formula is C16H13N5OS2.